The number of thiophene rings is 1. The highest BCUT2D eigenvalue weighted by Crippen LogP contribution is 2.30. The molecule has 2 heterocycles. The molecule has 0 bridgehead atoms. The number of carbonyl (C=O) groups excluding carboxylic acids is 2. The zero-order valence-corrected chi connectivity index (χ0v) is 16.6. The number of rotatable bonds is 4. The first-order valence-corrected chi connectivity index (χ1v) is 10.4. The van der Waals surface area contributed by atoms with Crippen LogP contribution in [-0.4, -0.2) is 36.3 Å². The molecule has 1 fully saturated rings. The molecule has 1 saturated heterocycles. The quantitative estimate of drug-likeness (QED) is 0.710. The molecule has 0 radical (unpaired) electrons. The van der Waals surface area contributed by atoms with Gasteiger partial charge in [-0.25, -0.2) is 4.39 Å². The van der Waals surface area contributed by atoms with E-state index in [-0.39, 0.29) is 17.7 Å². The van der Waals surface area contributed by atoms with Crippen molar-refractivity contribution >= 4 is 23.2 Å². The summed E-state index contributed by atoms with van der Waals surface area (Å²) in [4.78, 5) is 28.4. The molecule has 1 N–H and O–H groups in total. The maximum Gasteiger partial charge on any atom is 0.254 e. The van der Waals surface area contributed by atoms with Gasteiger partial charge in [-0.2, -0.15) is 0 Å². The third kappa shape index (κ3) is 4.38. The normalized spacial score (nSPS) is 16.9. The molecule has 1 aliphatic rings. The van der Waals surface area contributed by atoms with Crippen LogP contribution in [0.4, 0.5) is 4.39 Å². The molecule has 1 atom stereocenters. The van der Waals surface area contributed by atoms with Crippen molar-refractivity contribution in [2.45, 2.75) is 6.42 Å². The molecule has 0 aliphatic carbocycles. The highest BCUT2D eigenvalue weighted by Gasteiger charge is 2.29. The van der Waals surface area contributed by atoms with Gasteiger partial charge in [0, 0.05) is 30.1 Å². The number of hydrogen-bond donors (Lipinski definition) is 1. The van der Waals surface area contributed by atoms with Gasteiger partial charge in [-0.05, 0) is 47.2 Å². The number of amides is 2. The van der Waals surface area contributed by atoms with Crippen molar-refractivity contribution in [3.63, 3.8) is 0 Å². The molecule has 1 aromatic heterocycles. The van der Waals surface area contributed by atoms with Crippen molar-refractivity contribution in [1.82, 2.24) is 10.2 Å². The Bertz CT molecular complexity index is 1020. The lowest BCUT2D eigenvalue weighted by Gasteiger charge is -2.24. The van der Waals surface area contributed by atoms with Gasteiger partial charge in [-0.1, -0.05) is 36.4 Å². The maximum atomic E-state index is 13.5. The van der Waals surface area contributed by atoms with Gasteiger partial charge in [0.1, 0.15) is 5.82 Å². The molecule has 3 aromatic rings. The van der Waals surface area contributed by atoms with Crippen LogP contribution in [0.15, 0.2) is 66.0 Å². The molecule has 2 aromatic carbocycles. The number of nitrogens with zero attached hydrogens (tertiary/aromatic N) is 1. The second kappa shape index (κ2) is 8.57. The summed E-state index contributed by atoms with van der Waals surface area (Å²) in [5.41, 5.74) is 2.50. The van der Waals surface area contributed by atoms with E-state index in [1.54, 1.807) is 22.3 Å². The molecule has 4 nitrogen and oxygen atoms in total. The predicted octanol–water partition coefficient (Wildman–Crippen LogP) is 3.99. The fraction of sp³-hybridized carbons (Fsp3) is 0.217. The Hall–Kier alpha value is -2.99. The summed E-state index contributed by atoms with van der Waals surface area (Å²) in [7, 11) is 0. The molecular weight excluding hydrogens is 387 g/mol. The van der Waals surface area contributed by atoms with Crippen molar-refractivity contribution in [3.05, 3.63) is 83.0 Å². The van der Waals surface area contributed by atoms with E-state index in [2.05, 4.69) is 17.4 Å². The lowest BCUT2D eigenvalue weighted by Crippen LogP contribution is -2.37. The molecule has 148 valence electrons. The molecule has 0 saturated carbocycles. The molecule has 0 unspecified atom stereocenters. The predicted molar refractivity (Wildman–Crippen MR) is 112 cm³/mol. The Morgan fingerprint density at radius 2 is 2.00 bits per heavy atom. The van der Waals surface area contributed by atoms with E-state index in [0.29, 0.717) is 31.6 Å². The smallest absolute Gasteiger partial charge is 0.254 e. The lowest BCUT2D eigenvalue weighted by atomic mass is 9.94. The zero-order chi connectivity index (χ0) is 20.2. The molecule has 2 amide bonds. The van der Waals surface area contributed by atoms with Crippen LogP contribution in [0.5, 0.6) is 0 Å². The van der Waals surface area contributed by atoms with Gasteiger partial charge in [0.25, 0.3) is 5.91 Å². The summed E-state index contributed by atoms with van der Waals surface area (Å²) >= 11 is 1.66. The van der Waals surface area contributed by atoms with Crippen LogP contribution in [0.25, 0.3) is 10.4 Å². The third-order valence-corrected chi connectivity index (χ3v) is 6.02. The van der Waals surface area contributed by atoms with Gasteiger partial charge in [0.2, 0.25) is 5.91 Å². The highest BCUT2D eigenvalue weighted by molar-refractivity contribution is 7.13. The Balaban J connectivity index is 1.57. The largest absolute Gasteiger partial charge is 0.354 e. The monoisotopic (exact) mass is 408 g/mol. The fourth-order valence-electron chi connectivity index (χ4n) is 3.68. The second-order valence-electron chi connectivity index (χ2n) is 7.09. The zero-order valence-electron chi connectivity index (χ0n) is 15.8. The standard InChI is InChI=1S/C23H21FN2O2S/c24-19-7-3-6-17(14-19)23(28)26-11-10-25-22(27)18(15-26)13-16-5-1-2-8-20(16)21-9-4-12-29-21/h1-9,12,14,18H,10-11,13,15H2,(H,25,27)/t18-/m0/s1. The highest BCUT2D eigenvalue weighted by atomic mass is 32.1. The third-order valence-electron chi connectivity index (χ3n) is 5.12. The minimum atomic E-state index is -0.443. The first-order chi connectivity index (χ1) is 14.1. The van der Waals surface area contributed by atoms with Crippen LogP contribution in [-0.2, 0) is 11.2 Å². The topological polar surface area (TPSA) is 49.4 Å². The minimum Gasteiger partial charge on any atom is -0.354 e. The summed E-state index contributed by atoms with van der Waals surface area (Å²) in [6, 6.07) is 17.8. The van der Waals surface area contributed by atoms with Gasteiger partial charge in [0.05, 0.1) is 5.92 Å². The fourth-order valence-corrected chi connectivity index (χ4v) is 4.47. The minimum absolute atomic E-state index is 0.0551. The van der Waals surface area contributed by atoms with Gasteiger partial charge < -0.3 is 10.2 Å². The summed E-state index contributed by atoms with van der Waals surface area (Å²) in [6.45, 7) is 1.10. The van der Waals surface area contributed by atoms with Crippen LogP contribution >= 0.6 is 11.3 Å². The number of halogens is 1. The van der Waals surface area contributed by atoms with E-state index in [0.717, 1.165) is 16.0 Å². The van der Waals surface area contributed by atoms with Crippen molar-refractivity contribution < 1.29 is 14.0 Å². The second-order valence-corrected chi connectivity index (χ2v) is 8.04. The van der Waals surface area contributed by atoms with E-state index in [9.17, 15) is 14.0 Å². The van der Waals surface area contributed by atoms with E-state index in [1.807, 2.05) is 29.6 Å². The average molecular weight is 408 g/mol. The van der Waals surface area contributed by atoms with Crippen molar-refractivity contribution in [1.29, 1.82) is 0 Å². The van der Waals surface area contributed by atoms with E-state index in [1.165, 1.54) is 18.2 Å². The molecule has 6 heteroatoms. The molecule has 29 heavy (non-hydrogen) atoms. The average Bonchev–Trinajstić information content (AvgIpc) is 3.20. The number of benzene rings is 2. The van der Waals surface area contributed by atoms with E-state index < -0.39 is 5.82 Å². The Labute approximate surface area is 173 Å². The summed E-state index contributed by atoms with van der Waals surface area (Å²) < 4.78 is 13.5. The number of carbonyl (C=O) groups is 2. The Morgan fingerprint density at radius 3 is 2.79 bits per heavy atom. The van der Waals surface area contributed by atoms with Crippen molar-refractivity contribution in [2.24, 2.45) is 5.92 Å². The van der Waals surface area contributed by atoms with Crippen LogP contribution in [0.2, 0.25) is 0 Å². The molecule has 4 rings (SSSR count). The number of nitrogens with one attached hydrogen (secondary N) is 1. The van der Waals surface area contributed by atoms with E-state index in [4.69, 9.17) is 0 Å². The summed E-state index contributed by atoms with van der Waals surface area (Å²) in [5, 5.41) is 4.94. The van der Waals surface area contributed by atoms with Crippen LogP contribution < -0.4 is 5.32 Å². The first kappa shape index (κ1) is 19.3. The van der Waals surface area contributed by atoms with Crippen molar-refractivity contribution in [3.8, 4) is 10.4 Å². The lowest BCUT2D eigenvalue weighted by molar-refractivity contribution is -0.124. The van der Waals surface area contributed by atoms with Gasteiger partial charge in [-0.15, -0.1) is 11.3 Å². The van der Waals surface area contributed by atoms with Crippen LogP contribution in [0, 0.1) is 11.7 Å². The summed E-state index contributed by atoms with van der Waals surface area (Å²) in [5.74, 6) is -1.12. The van der Waals surface area contributed by atoms with E-state index >= 15 is 0 Å². The molecule has 0 spiro atoms. The Morgan fingerprint density at radius 1 is 1.14 bits per heavy atom. The maximum absolute atomic E-state index is 13.5. The Kier molecular flexibility index (Phi) is 5.71. The first-order valence-electron chi connectivity index (χ1n) is 9.56. The molecule has 1 aliphatic heterocycles. The number of hydrogen-bond acceptors (Lipinski definition) is 3. The van der Waals surface area contributed by atoms with Crippen LogP contribution in [0.3, 0.4) is 0 Å². The molecular formula is C23H21FN2O2S. The van der Waals surface area contributed by atoms with Gasteiger partial charge >= 0.3 is 0 Å². The SMILES string of the molecule is O=C1NCCN(C(=O)c2cccc(F)c2)C[C@@H]1Cc1ccccc1-c1cccs1. The van der Waals surface area contributed by atoms with Crippen LogP contribution in [0.1, 0.15) is 15.9 Å². The van der Waals surface area contributed by atoms with Gasteiger partial charge in [0.15, 0.2) is 0 Å². The van der Waals surface area contributed by atoms with Crippen molar-refractivity contribution in [2.75, 3.05) is 19.6 Å². The summed E-state index contributed by atoms with van der Waals surface area (Å²) in [6.07, 6.45) is 0.535. The van der Waals surface area contributed by atoms with Gasteiger partial charge in [-0.3, -0.25) is 9.59 Å².